The van der Waals surface area contributed by atoms with E-state index in [1.54, 1.807) is 11.7 Å². The van der Waals surface area contributed by atoms with E-state index in [1.807, 2.05) is 54.0 Å². The Labute approximate surface area is 194 Å². The molecule has 9 heteroatoms. The van der Waals surface area contributed by atoms with Crippen LogP contribution in [0.5, 0.6) is 11.5 Å². The quantitative estimate of drug-likeness (QED) is 0.361. The third-order valence-corrected chi connectivity index (χ3v) is 6.15. The molecular weight excluding hydrogens is 434 g/mol. The van der Waals surface area contributed by atoms with E-state index in [0.717, 1.165) is 28.8 Å². The lowest BCUT2D eigenvalue weighted by Crippen LogP contribution is -2.24. The third kappa shape index (κ3) is 3.28. The molecule has 0 bridgehead atoms. The molecule has 0 fully saturated rings. The Morgan fingerprint density at radius 2 is 1.76 bits per heavy atom. The fraction of sp³-hybridized carbons (Fsp3) is 0.280. The SMILES string of the molecule is COCCCn1c(C)nc2c(c1=O)c1nc3ccccc3nc1n2Cc1ccc2c(c1)OCO2. The Hall–Kier alpha value is -3.98. The number of benzene rings is 2. The highest BCUT2D eigenvalue weighted by atomic mass is 16.7. The van der Waals surface area contributed by atoms with Crippen LogP contribution in [0.2, 0.25) is 0 Å². The van der Waals surface area contributed by atoms with E-state index in [9.17, 15) is 4.79 Å². The lowest BCUT2D eigenvalue weighted by atomic mass is 10.2. The lowest BCUT2D eigenvalue weighted by Gasteiger charge is -2.11. The second kappa shape index (κ2) is 8.11. The van der Waals surface area contributed by atoms with Crippen molar-refractivity contribution in [2.45, 2.75) is 26.4 Å². The first kappa shape index (κ1) is 20.6. The first-order valence-electron chi connectivity index (χ1n) is 11.2. The van der Waals surface area contributed by atoms with Crippen LogP contribution < -0.4 is 15.0 Å². The predicted molar refractivity (Wildman–Crippen MR) is 127 cm³/mol. The summed E-state index contributed by atoms with van der Waals surface area (Å²) in [5, 5.41) is 0.483. The molecule has 34 heavy (non-hydrogen) atoms. The Morgan fingerprint density at radius 1 is 0.971 bits per heavy atom. The van der Waals surface area contributed by atoms with Gasteiger partial charge >= 0.3 is 0 Å². The molecule has 0 spiro atoms. The molecular formula is C25H23N5O4. The highest BCUT2D eigenvalue weighted by molar-refractivity contribution is 6.04. The fourth-order valence-corrected chi connectivity index (χ4v) is 4.50. The molecule has 6 rings (SSSR count). The van der Waals surface area contributed by atoms with Crippen molar-refractivity contribution < 1.29 is 14.2 Å². The molecule has 1 aliphatic heterocycles. The highest BCUT2D eigenvalue weighted by Crippen LogP contribution is 2.33. The summed E-state index contributed by atoms with van der Waals surface area (Å²) in [6.07, 6.45) is 0.717. The summed E-state index contributed by atoms with van der Waals surface area (Å²) in [5.41, 5.74) is 4.15. The number of methoxy groups -OCH3 is 1. The number of fused-ring (bicyclic) bond motifs is 5. The van der Waals surface area contributed by atoms with Crippen LogP contribution >= 0.6 is 0 Å². The van der Waals surface area contributed by atoms with E-state index < -0.39 is 0 Å². The van der Waals surface area contributed by atoms with E-state index >= 15 is 0 Å². The van der Waals surface area contributed by atoms with Gasteiger partial charge in [-0.15, -0.1) is 0 Å². The Kier molecular flexibility index (Phi) is 4.91. The molecule has 0 atom stereocenters. The van der Waals surface area contributed by atoms with Crippen LogP contribution in [0.25, 0.3) is 33.2 Å². The van der Waals surface area contributed by atoms with Gasteiger partial charge in [-0.25, -0.2) is 15.0 Å². The number of hydrogen-bond acceptors (Lipinski definition) is 7. The van der Waals surface area contributed by atoms with Crippen LogP contribution in [0.15, 0.2) is 47.3 Å². The van der Waals surface area contributed by atoms with E-state index in [2.05, 4.69) is 0 Å². The van der Waals surface area contributed by atoms with Gasteiger partial charge in [0, 0.05) is 20.3 Å². The molecule has 0 aliphatic carbocycles. The van der Waals surface area contributed by atoms with Crippen molar-refractivity contribution >= 4 is 33.2 Å². The number of ether oxygens (including phenoxy) is 3. The van der Waals surface area contributed by atoms with Gasteiger partial charge in [-0.2, -0.15) is 0 Å². The first-order valence-corrected chi connectivity index (χ1v) is 11.2. The van der Waals surface area contributed by atoms with Gasteiger partial charge in [-0.1, -0.05) is 18.2 Å². The second-order valence-electron chi connectivity index (χ2n) is 8.32. The zero-order chi connectivity index (χ0) is 23.2. The summed E-state index contributed by atoms with van der Waals surface area (Å²) >= 11 is 0. The first-order chi connectivity index (χ1) is 16.6. The van der Waals surface area contributed by atoms with Gasteiger partial charge in [0.05, 0.1) is 17.6 Å². The summed E-state index contributed by atoms with van der Waals surface area (Å²) in [7, 11) is 1.65. The number of para-hydroxylation sites is 2. The number of aryl methyl sites for hydroxylation is 1. The zero-order valence-electron chi connectivity index (χ0n) is 18.9. The van der Waals surface area contributed by atoms with Crippen LogP contribution in [0.1, 0.15) is 17.8 Å². The van der Waals surface area contributed by atoms with E-state index in [0.29, 0.717) is 53.5 Å². The summed E-state index contributed by atoms with van der Waals surface area (Å²) in [4.78, 5) is 28.3. The molecule has 172 valence electrons. The summed E-state index contributed by atoms with van der Waals surface area (Å²) in [5.74, 6) is 2.08. The van der Waals surface area contributed by atoms with E-state index in [4.69, 9.17) is 29.2 Å². The molecule has 0 amide bonds. The van der Waals surface area contributed by atoms with E-state index in [-0.39, 0.29) is 12.4 Å². The number of hydrogen-bond donors (Lipinski definition) is 0. The van der Waals surface area contributed by atoms with Crippen molar-refractivity contribution in [2.24, 2.45) is 0 Å². The smallest absolute Gasteiger partial charge is 0.265 e. The minimum atomic E-state index is -0.113. The molecule has 9 nitrogen and oxygen atoms in total. The molecule has 2 aromatic carbocycles. The molecule has 0 saturated carbocycles. The predicted octanol–water partition coefficient (Wildman–Crippen LogP) is 3.42. The lowest BCUT2D eigenvalue weighted by molar-refractivity contribution is 0.174. The third-order valence-electron chi connectivity index (χ3n) is 6.15. The molecule has 3 aromatic heterocycles. The largest absolute Gasteiger partial charge is 0.454 e. The van der Waals surface area contributed by atoms with Gasteiger partial charge in [-0.05, 0) is 43.2 Å². The molecule has 0 saturated heterocycles. The van der Waals surface area contributed by atoms with Gasteiger partial charge in [-0.3, -0.25) is 9.36 Å². The van der Waals surface area contributed by atoms with Gasteiger partial charge in [0.15, 0.2) is 22.8 Å². The number of nitrogens with zero attached hydrogens (tertiary/aromatic N) is 5. The highest BCUT2D eigenvalue weighted by Gasteiger charge is 2.22. The average Bonchev–Trinajstić information content (AvgIpc) is 3.42. The van der Waals surface area contributed by atoms with Gasteiger partial charge < -0.3 is 18.8 Å². The van der Waals surface area contributed by atoms with Gasteiger partial charge in [0.1, 0.15) is 16.7 Å². The minimum absolute atomic E-state index is 0.113. The number of rotatable bonds is 6. The molecule has 0 N–H and O–H groups in total. The minimum Gasteiger partial charge on any atom is -0.454 e. The Bertz CT molecular complexity index is 1620. The summed E-state index contributed by atoms with van der Waals surface area (Å²) in [6, 6.07) is 13.5. The fourth-order valence-electron chi connectivity index (χ4n) is 4.50. The van der Waals surface area contributed by atoms with Gasteiger partial charge in [0.2, 0.25) is 6.79 Å². The second-order valence-corrected chi connectivity index (χ2v) is 8.32. The summed E-state index contributed by atoms with van der Waals surface area (Å²) < 4.78 is 19.8. The van der Waals surface area contributed by atoms with E-state index in [1.165, 1.54) is 0 Å². The van der Waals surface area contributed by atoms with Crippen molar-refractivity contribution in [2.75, 3.05) is 20.5 Å². The Morgan fingerprint density at radius 3 is 2.59 bits per heavy atom. The van der Waals surface area contributed by atoms with Crippen LogP contribution in [-0.2, 0) is 17.8 Å². The molecule has 0 radical (unpaired) electrons. The average molecular weight is 457 g/mol. The van der Waals surface area contributed by atoms with Crippen molar-refractivity contribution in [1.82, 2.24) is 24.1 Å². The topological polar surface area (TPSA) is 93.3 Å². The molecule has 4 heterocycles. The molecule has 5 aromatic rings. The van der Waals surface area contributed by atoms with Crippen LogP contribution in [0.3, 0.4) is 0 Å². The van der Waals surface area contributed by atoms with Crippen molar-refractivity contribution in [3.8, 4) is 11.5 Å². The van der Waals surface area contributed by atoms with Gasteiger partial charge in [0.25, 0.3) is 5.56 Å². The number of aromatic nitrogens is 5. The Balaban J connectivity index is 1.60. The maximum absolute atomic E-state index is 13.7. The van der Waals surface area contributed by atoms with Crippen LogP contribution in [0.4, 0.5) is 0 Å². The monoisotopic (exact) mass is 457 g/mol. The van der Waals surface area contributed by atoms with Crippen molar-refractivity contribution in [3.63, 3.8) is 0 Å². The normalized spacial score (nSPS) is 12.9. The maximum atomic E-state index is 13.7. The molecule has 1 aliphatic rings. The maximum Gasteiger partial charge on any atom is 0.265 e. The summed E-state index contributed by atoms with van der Waals surface area (Å²) in [6.45, 7) is 3.63. The molecule has 0 unspecified atom stereocenters. The van der Waals surface area contributed by atoms with Crippen LogP contribution in [-0.4, -0.2) is 44.6 Å². The zero-order valence-corrected chi connectivity index (χ0v) is 18.9. The van der Waals surface area contributed by atoms with Crippen LogP contribution in [0, 0.1) is 6.92 Å². The van der Waals surface area contributed by atoms with Crippen molar-refractivity contribution in [1.29, 1.82) is 0 Å². The standard InChI is InChI=1S/C25H23N5O4/c1-15-26-23-21(25(31)29(15)10-5-11-32-2)22-24(28-18-7-4-3-6-17(18)27-22)30(23)13-16-8-9-19-20(12-16)34-14-33-19/h3-4,6-9,12H,5,10-11,13-14H2,1-2H3. The van der Waals surface area contributed by atoms with Crippen molar-refractivity contribution in [3.05, 3.63) is 64.2 Å².